The summed E-state index contributed by atoms with van der Waals surface area (Å²) in [6.07, 6.45) is 1.07. The van der Waals surface area contributed by atoms with Crippen molar-refractivity contribution in [3.63, 3.8) is 0 Å². The number of aromatic nitrogens is 2. The molecule has 1 atom stereocenters. The van der Waals surface area contributed by atoms with Gasteiger partial charge in [-0.25, -0.2) is 4.98 Å². The predicted molar refractivity (Wildman–Crippen MR) is 124 cm³/mol. The standard InChI is InChI=1S/C24H25N3O3S/c1-4-21(23(30)26-19-12-10-18(11-13-19)16(3)28)31-24-25-15(2)20(22(29)27-24)14-17-8-6-5-7-9-17/h5-13,21H,4,14H2,1-3H3,(H,26,30)(H,25,27,29). The lowest BCUT2D eigenvalue weighted by atomic mass is 10.1. The Kier molecular flexibility index (Phi) is 7.41. The molecule has 2 aromatic carbocycles. The van der Waals surface area contributed by atoms with E-state index in [9.17, 15) is 14.4 Å². The molecule has 3 rings (SSSR count). The van der Waals surface area contributed by atoms with Gasteiger partial charge in [-0.3, -0.25) is 14.4 Å². The van der Waals surface area contributed by atoms with Crippen LogP contribution in [-0.4, -0.2) is 26.9 Å². The van der Waals surface area contributed by atoms with E-state index in [4.69, 9.17) is 0 Å². The normalized spacial score (nSPS) is 11.7. The minimum absolute atomic E-state index is 0.0269. The maximum Gasteiger partial charge on any atom is 0.255 e. The monoisotopic (exact) mass is 435 g/mol. The zero-order valence-corrected chi connectivity index (χ0v) is 18.6. The van der Waals surface area contributed by atoms with Gasteiger partial charge in [0.1, 0.15) is 0 Å². The fraction of sp³-hybridized carbons (Fsp3) is 0.250. The highest BCUT2D eigenvalue weighted by molar-refractivity contribution is 8.00. The van der Waals surface area contributed by atoms with Gasteiger partial charge < -0.3 is 10.3 Å². The molecule has 0 aliphatic carbocycles. The van der Waals surface area contributed by atoms with E-state index in [1.807, 2.05) is 44.2 Å². The maximum absolute atomic E-state index is 12.7. The first kappa shape index (κ1) is 22.5. The van der Waals surface area contributed by atoms with Crippen LogP contribution in [0.5, 0.6) is 0 Å². The lowest BCUT2D eigenvalue weighted by Crippen LogP contribution is -2.26. The molecule has 1 aromatic heterocycles. The maximum atomic E-state index is 12.7. The van der Waals surface area contributed by atoms with Crippen molar-refractivity contribution in [3.05, 3.63) is 87.3 Å². The summed E-state index contributed by atoms with van der Waals surface area (Å²) in [5.41, 5.74) is 3.34. The number of carbonyl (C=O) groups excluding carboxylic acids is 2. The minimum atomic E-state index is -0.421. The van der Waals surface area contributed by atoms with Crippen LogP contribution in [0.2, 0.25) is 0 Å². The summed E-state index contributed by atoms with van der Waals surface area (Å²) in [7, 11) is 0. The third kappa shape index (κ3) is 5.92. The molecule has 7 heteroatoms. The van der Waals surface area contributed by atoms with E-state index in [1.54, 1.807) is 24.3 Å². The van der Waals surface area contributed by atoms with Crippen LogP contribution in [0.4, 0.5) is 5.69 Å². The van der Waals surface area contributed by atoms with E-state index in [0.717, 1.165) is 5.56 Å². The van der Waals surface area contributed by atoms with E-state index >= 15 is 0 Å². The highest BCUT2D eigenvalue weighted by Crippen LogP contribution is 2.24. The van der Waals surface area contributed by atoms with Crippen LogP contribution < -0.4 is 10.9 Å². The number of anilines is 1. The molecule has 0 saturated heterocycles. The van der Waals surface area contributed by atoms with Crippen LogP contribution in [0, 0.1) is 6.92 Å². The molecule has 160 valence electrons. The molecule has 1 amide bonds. The van der Waals surface area contributed by atoms with Crippen LogP contribution in [-0.2, 0) is 11.2 Å². The number of carbonyl (C=O) groups is 2. The molecule has 1 unspecified atom stereocenters. The average Bonchev–Trinajstić information content (AvgIpc) is 2.75. The van der Waals surface area contributed by atoms with E-state index < -0.39 is 5.25 Å². The highest BCUT2D eigenvalue weighted by Gasteiger charge is 2.20. The number of aryl methyl sites for hydroxylation is 1. The summed E-state index contributed by atoms with van der Waals surface area (Å²) in [6.45, 7) is 5.22. The molecule has 0 aliphatic rings. The van der Waals surface area contributed by atoms with Gasteiger partial charge in [0, 0.05) is 28.9 Å². The number of benzene rings is 2. The van der Waals surface area contributed by atoms with Crippen molar-refractivity contribution in [3.8, 4) is 0 Å². The molecule has 0 fully saturated rings. The van der Waals surface area contributed by atoms with Gasteiger partial charge in [0.25, 0.3) is 5.56 Å². The number of aromatic amines is 1. The lowest BCUT2D eigenvalue weighted by molar-refractivity contribution is -0.115. The molecule has 0 bridgehead atoms. The summed E-state index contributed by atoms with van der Waals surface area (Å²) in [5.74, 6) is -0.210. The van der Waals surface area contributed by atoms with Crippen LogP contribution >= 0.6 is 11.8 Å². The van der Waals surface area contributed by atoms with Gasteiger partial charge in [0.2, 0.25) is 5.91 Å². The third-order valence-electron chi connectivity index (χ3n) is 4.90. The summed E-state index contributed by atoms with van der Waals surface area (Å²) in [4.78, 5) is 44.1. The van der Waals surface area contributed by atoms with Crippen LogP contribution in [0.15, 0.2) is 64.5 Å². The van der Waals surface area contributed by atoms with E-state index in [1.165, 1.54) is 18.7 Å². The van der Waals surface area contributed by atoms with Crippen LogP contribution in [0.3, 0.4) is 0 Å². The highest BCUT2D eigenvalue weighted by atomic mass is 32.2. The quantitative estimate of drug-likeness (QED) is 0.311. The molecule has 0 radical (unpaired) electrons. The Hall–Kier alpha value is -3.19. The third-order valence-corrected chi connectivity index (χ3v) is 6.15. The first-order chi connectivity index (χ1) is 14.9. The number of nitrogens with one attached hydrogen (secondary N) is 2. The molecule has 3 aromatic rings. The van der Waals surface area contributed by atoms with E-state index in [2.05, 4.69) is 15.3 Å². The molecule has 0 aliphatic heterocycles. The van der Waals surface area contributed by atoms with Crippen molar-refractivity contribution in [2.24, 2.45) is 0 Å². The molecule has 6 nitrogen and oxygen atoms in total. The molecule has 1 heterocycles. The number of hydrogen-bond acceptors (Lipinski definition) is 5. The van der Waals surface area contributed by atoms with Gasteiger partial charge in [0.05, 0.1) is 5.25 Å². The second kappa shape index (κ2) is 10.2. The van der Waals surface area contributed by atoms with Crippen molar-refractivity contribution in [2.75, 3.05) is 5.32 Å². The molecule has 0 saturated carbocycles. The van der Waals surface area contributed by atoms with Crippen LogP contribution in [0.25, 0.3) is 0 Å². The zero-order chi connectivity index (χ0) is 22.4. The minimum Gasteiger partial charge on any atom is -0.325 e. The number of amides is 1. The topological polar surface area (TPSA) is 91.9 Å². The number of hydrogen-bond donors (Lipinski definition) is 2. The SMILES string of the molecule is CCC(Sc1nc(C)c(Cc2ccccc2)c(=O)[nH]1)C(=O)Nc1ccc(C(C)=O)cc1. The zero-order valence-electron chi connectivity index (χ0n) is 17.8. The fourth-order valence-corrected chi connectivity index (χ4v) is 4.06. The van der Waals surface area contributed by atoms with Crippen molar-refractivity contribution in [2.45, 2.75) is 44.0 Å². The van der Waals surface area contributed by atoms with Crippen molar-refractivity contribution < 1.29 is 9.59 Å². The number of thioether (sulfide) groups is 1. The first-order valence-electron chi connectivity index (χ1n) is 10.1. The number of H-pyrrole nitrogens is 1. The fourth-order valence-electron chi connectivity index (χ4n) is 3.12. The summed E-state index contributed by atoms with van der Waals surface area (Å²) in [6, 6.07) is 16.5. The Morgan fingerprint density at radius 1 is 1.10 bits per heavy atom. The Labute approximate surface area is 185 Å². The second-order valence-corrected chi connectivity index (χ2v) is 8.43. The number of ketones is 1. The van der Waals surface area contributed by atoms with E-state index in [0.29, 0.717) is 40.5 Å². The molecular weight excluding hydrogens is 410 g/mol. The number of rotatable bonds is 8. The van der Waals surface area contributed by atoms with E-state index in [-0.39, 0.29) is 17.2 Å². The predicted octanol–water partition coefficient (Wildman–Crippen LogP) is 4.38. The van der Waals surface area contributed by atoms with Crippen LogP contribution in [0.1, 0.15) is 47.4 Å². The lowest BCUT2D eigenvalue weighted by Gasteiger charge is -2.15. The first-order valence-corrected chi connectivity index (χ1v) is 11.0. The average molecular weight is 436 g/mol. The number of nitrogens with zero attached hydrogens (tertiary/aromatic N) is 1. The molecular formula is C24H25N3O3S. The van der Waals surface area contributed by atoms with Gasteiger partial charge in [-0.05, 0) is 50.1 Å². The van der Waals surface area contributed by atoms with Crippen molar-refractivity contribution >= 4 is 29.1 Å². The summed E-state index contributed by atoms with van der Waals surface area (Å²) >= 11 is 1.23. The smallest absolute Gasteiger partial charge is 0.255 e. The Morgan fingerprint density at radius 3 is 2.35 bits per heavy atom. The van der Waals surface area contributed by atoms with Gasteiger partial charge in [-0.2, -0.15) is 0 Å². The molecule has 0 spiro atoms. The van der Waals surface area contributed by atoms with Gasteiger partial charge in [0.15, 0.2) is 10.9 Å². The summed E-state index contributed by atoms with van der Waals surface area (Å²) < 4.78 is 0. The largest absolute Gasteiger partial charge is 0.325 e. The number of Topliss-reactive ketones (excluding diaryl/α,β-unsaturated/α-hetero) is 1. The molecule has 31 heavy (non-hydrogen) atoms. The van der Waals surface area contributed by atoms with Crippen molar-refractivity contribution in [1.82, 2.24) is 9.97 Å². The van der Waals surface area contributed by atoms with Crippen molar-refractivity contribution in [1.29, 1.82) is 0 Å². The Bertz CT molecular complexity index is 1130. The summed E-state index contributed by atoms with van der Waals surface area (Å²) in [5, 5.41) is 2.86. The van der Waals surface area contributed by atoms with Gasteiger partial charge in [-0.15, -0.1) is 0 Å². The Morgan fingerprint density at radius 2 is 1.77 bits per heavy atom. The second-order valence-electron chi connectivity index (χ2n) is 7.23. The Balaban J connectivity index is 1.71. The molecule has 2 N–H and O–H groups in total. The van der Waals surface area contributed by atoms with Gasteiger partial charge >= 0.3 is 0 Å². The van der Waals surface area contributed by atoms with Gasteiger partial charge in [-0.1, -0.05) is 49.0 Å².